The minimum absolute atomic E-state index is 0.244. The molecule has 2 atom stereocenters. The zero-order valence-corrected chi connectivity index (χ0v) is 8.61. The Hall–Kier alpha value is -0.180. The van der Waals surface area contributed by atoms with Crippen molar-refractivity contribution in [3.05, 3.63) is 0 Å². The van der Waals surface area contributed by atoms with Gasteiger partial charge in [0.1, 0.15) is 0 Å². The van der Waals surface area contributed by atoms with Gasteiger partial charge in [-0.05, 0) is 24.3 Å². The second-order valence-electron chi connectivity index (χ2n) is 4.57. The maximum absolute atomic E-state index is 12.7. The molecule has 0 saturated carbocycles. The van der Waals surface area contributed by atoms with E-state index in [1.165, 1.54) is 0 Å². The highest BCUT2D eigenvalue weighted by Gasteiger charge is 2.43. The molecular formula is C10H19F2N. The average Bonchev–Trinajstić information content (AvgIpc) is 2.04. The number of hydrogen-bond donors (Lipinski definition) is 1. The van der Waals surface area contributed by atoms with Crippen LogP contribution in [0.3, 0.4) is 0 Å². The van der Waals surface area contributed by atoms with Crippen LogP contribution in [0.2, 0.25) is 0 Å². The molecule has 0 aromatic rings. The largest absolute Gasteiger partial charge is 0.316 e. The van der Waals surface area contributed by atoms with Gasteiger partial charge in [-0.15, -0.1) is 0 Å². The molecule has 0 amide bonds. The average molecular weight is 191 g/mol. The molecule has 1 aliphatic rings. The standard InChI is InChI=1S/C10H19F2N/c1-7(2)10(3)6-13-5-4-8(10)9(11)12/h7-9,13H,4-6H2,1-3H3. The van der Waals surface area contributed by atoms with Gasteiger partial charge in [0.05, 0.1) is 0 Å². The first-order valence-electron chi connectivity index (χ1n) is 4.97. The number of piperidine rings is 1. The van der Waals surface area contributed by atoms with Gasteiger partial charge in [0.25, 0.3) is 0 Å². The Labute approximate surface area is 78.9 Å². The number of hydrogen-bond acceptors (Lipinski definition) is 1. The summed E-state index contributed by atoms with van der Waals surface area (Å²) in [4.78, 5) is 0. The summed E-state index contributed by atoms with van der Waals surface area (Å²) in [6, 6.07) is 0. The first-order valence-corrected chi connectivity index (χ1v) is 4.97. The predicted octanol–water partition coefficient (Wildman–Crippen LogP) is 2.52. The van der Waals surface area contributed by atoms with Gasteiger partial charge in [-0.3, -0.25) is 0 Å². The van der Waals surface area contributed by atoms with E-state index in [0.29, 0.717) is 12.3 Å². The molecule has 1 fully saturated rings. The molecule has 1 nitrogen and oxygen atoms in total. The molecule has 0 aliphatic carbocycles. The van der Waals surface area contributed by atoms with Crippen LogP contribution in [0.4, 0.5) is 8.78 Å². The minimum atomic E-state index is -2.17. The molecule has 0 radical (unpaired) electrons. The molecule has 78 valence electrons. The van der Waals surface area contributed by atoms with Crippen molar-refractivity contribution in [1.29, 1.82) is 0 Å². The lowest BCUT2D eigenvalue weighted by Gasteiger charge is -2.44. The topological polar surface area (TPSA) is 12.0 Å². The summed E-state index contributed by atoms with van der Waals surface area (Å²) >= 11 is 0. The van der Waals surface area contributed by atoms with Crippen molar-refractivity contribution in [3.8, 4) is 0 Å². The van der Waals surface area contributed by atoms with Crippen molar-refractivity contribution >= 4 is 0 Å². The minimum Gasteiger partial charge on any atom is -0.316 e. The van der Waals surface area contributed by atoms with E-state index in [1.54, 1.807) is 0 Å². The molecular weight excluding hydrogens is 172 g/mol. The smallest absolute Gasteiger partial charge is 0.242 e. The van der Waals surface area contributed by atoms with Gasteiger partial charge in [-0.1, -0.05) is 20.8 Å². The lowest BCUT2D eigenvalue weighted by molar-refractivity contribution is -0.0416. The molecule has 13 heavy (non-hydrogen) atoms. The summed E-state index contributed by atoms with van der Waals surface area (Å²) in [6.45, 7) is 7.49. The van der Waals surface area contributed by atoms with Crippen LogP contribution in [0.1, 0.15) is 27.2 Å². The fraction of sp³-hybridized carbons (Fsp3) is 1.00. The van der Waals surface area contributed by atoms with Crippen molar-refractivity contribution in [2.45, 2.75) is 33.6 Å². The predicted molar refractivity (Wildman–Crippen MR) is 49.9 cm³/mol. The van der Waals surface area contributed by atoms with Crippen LogP contribution in [-0.4, -0.2) is 19.5 Å². The molecule has 0 bridgehead atoms. The van der Waals surface area contributed by atoms with Crippen LogP contribution in [0.5, 0.6) is 0 Å². The van der Waals surface area contributed by atoms with Gasteiger partial charge in [-0.2, -0.15) is 0 Å². The lowest BCUT2D eigenvalue weighted by Crippen LogP contribution is -2.50. The third kappa shape index (κ3) is 2.01. The highest BCUT2D eigenvalue weighted by molar-refractivity contribution is 4.91. The van der Waals surface area contributed by atoms with E-state index in [1.807, 2.05) is 20.8 Å². The second kappa shape index (κ2) is 3.91. The summed E-state index contributed by atoms with van der Waals surface area (Å²) in [5, 5.41) is 3.21. The van der Waals surface area contributed by atoms with Crippen molar-refractivity contribution in [1.82, 2.24) is 5.32 Å². The van der Waals surface area contributed by atoms with Crippen molar-refractivity contribution in [3.63, 3.8) is 0 Å². The number of nitrogens with one attached hydrogen (secondary N) is 1. The molecule has 0 aromatic heterocycles. The molecule has 0 aromatic carbocycles. The fourth-order valence-electron chi connectivity index (χ4n) is 2.12. The maximum Gasteiger partial charge on any atom is 0.242 e. The van der Waals surface area contributed by atoms with E-state index in [9.17, 15) is 8.78 Å². The fourth-order valence-corrected chi connectivity index (χ4v) is 2.12. The van der Waals surface area contributed by atoms with Crippen LogP contribution >= 0.6 is 0 Å². The molecule has 1 N–H and O–H groups in total. The van der Waals surface area contributed by atoms with E-state index in [2.05, 4.69) is 5.32 Å². The summed E-state index contributed by atoms with van der Waals surface area (Å²) in [5.74, 6) is -0.131. The van der Waals surface area contributed by atoms with E-state index in [4.69, 9.17) is 0 Å². The SMILES string of the molecule is CC(C)C1(C)CNCCC1C(F)F. The highest BCUT2D eigenvalue weighted by atomic mass is 19.3. The maximum atomic E-state index is 12.7. The molecule has 3 heteroatoms. The van der Waals surface area contributed by atoms with E-state index in [-0.39, 0.29) is 5.41 Å². The van der Waals surface area contributed by atoms with Gasteiger partial charge in [-0.25, -0.2) is 8.78 Å². The zero-order valence-electron chi connectivity index (χ0n) is 8.61. The Morgan fingerprint density at radius 1 is 1.38 bits per heavy atom. The van der Waals surface area contributed by atoms with Crippen molar-refractivity contribution in [2.75, 3.05) is 13.1 Å². The van der Waals surface area contributed by atoms with E-state index < -0.39 is 12.3 Å². The summed E-state index contributed by atoms with van der Waals surface area (Å²) in [6.07, 6.45) is -1.57. The Balaban J connectivity index is 2.77. The van der Waals surface area contributed by atoms with Gasteiger partial charge in [0.2, 0.25) is 6.43 Å². The molecule has 1 aliphatic heterocycles. The van der Waals surface area contributed by atoms with E-state index >= 15 is 0 Å². The monoisotopic (exact) mass is 191 g/mol. The number of halogens is 2. The first kappa shape index (κ1) is 10.9. The molecule has 2 unspecified atom stereocenters. The molecule has 1 heterocycles. The molecule has 1 rings (SSSR count). The van der Waals surface area contributed by atoms with Gasteiger partial charge < -0.3 is 5.32 Å². The first-order chi connectivity index (χ1) is 5.98. The van der Waals surface area contributed by atoms with Crippen LogP contribution in [0.25, 0.3) is 0 Å². The van der Waals surface area contributed by atoms with Crippen molar-refractivity contribution < 1.29 is 8.78 Å². The Morgan fingerprint density at radius 2 is 2.00 bits per heavy atom. The van der Waals surface area contributed by atoms with Crippen molar-refractivity contribution in [2.24, 2.45) is 17.3 Å². The highest BCUT2D eigenvalue weighted by Crippen LogP contribution is 2.42. The molecule has 1 saturated heterocycles. The van der Waals surface area contributed by atoms with Gasteiger partial charge >= 0.3 is 0 Å². The number of alkyl halides is 2. The number of rotatable bonds is 2. The van der Waals surface area contributed by atoms with Crippen LogP contribution in [-0.2, 0) is 0 Å². The van der Waals surface area contributed by atoms with Gasteiger partial charge in [0.15, 0.2) is 0 Å². The Bertz CT molecular complexity index is 170. The normalized spacial score (nSPS) is 35.8. The van der Waals surface area contributed by atoms with Crippen LogP contribution in [0.15, 0.2) is 0 Å². The molecule has 0 spiro atoms. The Kier molecular flexibility index (Phi) is 3.28. The van der Waals surface area contributed by atoms with Crippen LogP contribution in [0, 0.1) is 17.3 Å². The summed E-state index contributed by atoms with van der Waals surface area (Å²) in [5.41, 5.74) is -0.244. The summed E-state index contributed by atoms with van der Waals surface area (Å²) in [7, 11) is 0. The second-order valence-corrected chi connectivity index (χ2v) is 4.57. The Morgan fingerprint density at radius 3 is 2.38 bits per heavy atom. The van der Waals surface area contributed by atoms with Crippen LogP contribution < -0.4 is 5.32 Å². The van der Waals surface area contributed by atoms with E-state index in [0.717, 1.165) is 13.1 Å². The third-order valence-electron chi connectivity index (χ3n) is 3.61. The quantitative estimate of drug-likeness (QED) is 0.707. The van der Waals surface area contributed by atoms with Gasteiger partial charge in [0, 0.05) is 12.5 Å². The third-order valence-corrected chi connectivity index (χ3v) is 3.61. The summed E-state index contributed by atoms with van der Waals surface area (Å²) < 4.78 is 25.5. The lowest BCUT2D eigenvalue weighted by atomic mass is 9.66. The zero-order chi connectivity index (χ0) is 10.1.